The van der Waals surface area contributed by atoms with Crippen molar-refractivity contribution in [1.82, 2.24) is 10.9 Å². The highest BCUT2D eigenvalue weighted by Crippen LogP contribution is 2.06. The molecule has 5 heteroatoms. The lowest BCUT2D eigenvalue weighted by Crippen LogP contribution is -2.43. The summed E-state index contributed by atoms with van der Waals surface area (Å²) in [5.41, 5.74) is 6.67. The molecular weight excluding hydrogens is 260 g/mol. The van der Waals surface area contributed by atoms with E-state index in [4.69, 9.17) is 0 Å². The van der Waals surface area contributed by atoms with Crippen molar-refractivity contribution in [2.24, 2.45) is 0 Å². The Morgan fingerprint density at radius 3 is 2.11 bits per heavy atom. The second-order valence-corrected chi connectivity index (χ2v) is 4.85. The van der Waals surface area contributed by atoms with Gasteiger partial charge in [0, 0.05) is 0 Å². The van der Waals surface area contributed by atoms with Gasteiger partial charge in [-0.1, -0.05) is 30.3 Å². The fourth-order valence-corrected chi connectivity index (χ4v) is 2.26. The molecule has 1 heterocycles. The standard InChI is InChI=1S/C14H14N2O2S/c17-13(8-11-4-2-1-3-5-11)15-16-14(18)9-12-6-7-19-10-12/h1-7,10H,8-9H2,(H,15,17)(H,16,18). The van der Waals surface area contributed by atoms with Crippen LogP contribution in [0.1, 0.15) is 11.1 Å². The molecule has 98 valence electrons. The third-order valence-electron chi connectivity index (χ3n) is 2.49. The van der Waals surface area contributed by atoms with Crippen LogP contribution in [0.5, 0.6) is 0 Å². The number of rotatable bonds is 4. The quantitative estimate of drug-likeness (QED) is 0.833. The molecule has 0 unspecified atom stereocenters. The Labute approximate surface area is 115 Å². The molecule has 0 bridgehead atoms. The summed E-state index contributed by atoms with van der Waals surface area (Å²) >= 11 is 1.54. The van der Waals surface area contributed by atoms with Crippen molar-refractivity contribution in [3.63, 3.8) is 0 Å². The number of carbonyl (C=O) groups excluding carboxylic acids is 2. The summed E-state index contributed by atoms with van der Waals surface area (Å²) in [6.07, 6.45) is 0.523. The molecule has 0 atom stereocenters. The summed E-state index contributed by atoms with van der Waals surface area (Å²) in [5, 5.41) is 3.82. The maximum Gasteiger partial charge on any atom is 0.242 e. The summed E-state index contributed by atoms with van der Waals surface area (Å²) < 4.78 is 0. The molecule has 0 fully saturated rings. The maximum absolute atomic E-state index is 11.6. The number of amides is 2. The molecule has 2 rings (SSSR count). The summed E-state index contributed by atoms with van der Waals surface area (Å²) in [7, 11) is 0. The van der Waals surface area contributed by atoms with Crippen LogP contribution in [-0.4, -0.2) is 11.8 Å². The van der Waals surface area contributed by atoms with Crippen LogP contribution >= 0.6 is 11.3 Å². The van der Waals surface area contributed by atoms with Crippen LogP contribution in [-0.2, 0) is 22.4 Å². The van der Waals surface area contributed by atoms with Gasteiger partial charge < -0.3 is 0 Å². The van der Waals surface area contributed by atoms with Gasteiger partial charge in [0.15, 0.2) is 0 Å². The summed E-state index contributed by atoms with van der Waals surface area (Å²) in [6.45, 7) is 0. The summed E-state index contributed by atoms with van der Waals surface area (Å²) in [5.74, 6) is -0.454. The Balaban J connectivity index is 1.73. The fraction of sp³-hybridized carbons (Fsp3) is 0.143. The number of carbonyl (C=O) groups is 2. The smallest absolute Gasteiger partial charge is 0.242 e. The minimum Gasteiger partial charge on any atom is -0.273 e. The molecule has 0 aliphatic carbocycles. The van der Waals surface area contributed by atoms with Crippen molar-refractivity contribution >= 4 is 23.2 Å². The molecule has 2 aromatic rings. The molecule has 0 aliphatic heterocycles. The first kappa shape index (κ1) is 13.3. The average Bonchev–Trinajstić information content (AvgIpc) is 2.90. The van der Waals surface area contributed by atoms with Gasteiger partial charge in [0.05, 0.1) is 12.8 Å². The normalized spacial score (nSPS) is 9.89. The van der Waals surface area contributed by atoms with Gasteiger partial charge in [-0.25, -0.2) is 0 Å². The first-order valence-corrected chi connectivity index (χ1v) is 6.81. The van der Waals surface area contributed by atoms with Crippen molar-refractivity contribution in [1.29, 1.82) is 0 Å². The van der Waals surface area contributed by atoms with Crippen molar-refractivity contribution < 1.29 is 9.59 Å². The van der Waals surface area contributed by atoms with Crippen LogP contribution in [0.25, 0.3) is 0 Å². The zero-order valence-corrected chi connectivity index (χ0v) is 11.1. The van der Waals surface area contributed by atoms with Crippen LogP contribution in [0.4, 0.5) is 0 Å². The molecule has 0 spiro atoms. The van der Waals surface area contributed by atoms with E-state index < -0.39 is 0 Å². The third-order valence-corrected chi connectivity index (χ3v) is 3.23. The van der Waals surface area contributed by atoms with E-state index in [2.05, 4.69) is 10.9 Å². The van der Waals surface area contributed by atoms with Crippen LogP contribution in [0.3, 0.4) is 0 Å². The molecule has 1 aromatic carbocycles. The Morgan fingerprint density at radius 2 is 1.53 bits per heavy atom. The lowest BCUT2D eigenvalue weighted by molar-refractivity contribution is -0.128. The van der Waals surface area contributed by atoms with Gasteiger partial charge in [0.25, 0.3) is 0 Å². The predicted molar refractivity (Wildman–Crippen MR) is 74.5 cm³/mol. The van der Waals surface area contributed by atoms with E-state index in [0.29, 0.717) is 0 Å². The molecule has 0 saturated heterocycles. The first-order chi connectivity index (χ1) is 9.24. The van der Waals surface area contributed by atoms with E-state index in [9.17, 15) is 9.59 Å². The molecule has 0 radical (unpaired) electrons. The van der Waals surface area contributed by atoms with Gasteiger partial charge in [-0.05, 0) is 28.0 Å². The third kappa shape index (κ3) is 4.56. The van der Waals surface area contributed by atoms with Crippen molar-refractivity contribution in [2.45, 2.75) is 12.8 Å². The zero-order chi connectivity index (χ0) is 13.5. The second kappa shape index (κ2) is 6.70. The van der Waals surface area contributed by atoms with Crippen molar-refractivity contribution in [3.8, 4) is 0 Å². The molecule has 4 nitrogen and oxygen atoms in total. The number of nitrogens with one attached hydrogen (secondary N) is 2. The Bertz CT molecular complexity index is 538. The highest BCUT2D eigenvalue weighted by molar-refractivity contribution is 7.07. The summed E-state index contributed by atoms with van der Waals surface area (Å²) in [4.78, 5) is 23.1. The highest BCUT2D eigenvalue weighted by atomic mass is 32.1. The van der Waals surface area contributed by atoms with Gasteiger partial charge in [-0.15, -0.1) is 0 Å². The Morgan fingerprint density at radius 1 is 0.895 bits per heavy atom. The Hall–Kier alpha value is -2.14. The number of hydrazine groups is 1. The average molecular weight is 274 g/mol. The van der Waals surface area contributed by atoms with Crippen LogP contribution in [0.2, 0.25) is 0 Å². The second-order valence-electron chi connectivity index (χ2n) is 4.07. The van der Waals surface area contributed by atoms with Gasteiger partial charge in [0.2, 0.25) is 11.8 Å². The van der Waals surface area contributed by atoms with E-state index in [-0.39, 0.29) is 24.7 Å². The minimum atomic E-state index is -0.232. The molecule has 19 heavy (non-hydrogen) atoms. The molecule has 0 saturated carbocycles. The Kier molecular flexibility index (Phi) is 4.69. The maximum atomic E-state index is 11.6. The number of benzene rings is 1. The van der Waals surface area contributed by atoms with E-state index in [0.717, 1.165) is 11.1 Å². The van der Waals surface area contributed by atoms with Gasteiger partial charge >= 0.3 is 0 Å². The monoisotopic (exact) mass is 274 g/mol. The predicted octanol–water partition coefficient (Wildman–Crippen LogP) is 1.68. The van der Waals surface area contributed by atoms with E-state index in [1.165, 1.54) is 0 Å². The van der Waals surface area contributed by atoms with Crippen LogP contribution in [0, 0.1) is 0 Å². The van der Waals surface area contributed by atoms with Gasteiger partial charge in [0.1, 0.15) is 0 Å². The lowest BCUT2D eigenvalue weighted by atomic mass is 10.1. The van der Waals surface area contributed by atoms with Crippen LogP contribution < -0.4 is 10.9 Å². The number of hydrogen-bond acceptors (Lipinski definition) is 3. The molecule has 2 N–H and O–H groups in total. The van der Waals surface area contributed by atoms with Crippen LogP contribution in [0.15, 0.2) is 47.2 Å². The van der Waals surface area contributed by atoms with Gasteiger partial charge in [-0.2, -0.15) is 11.3 Å². The largest absolute Gasteiger partial charge is 0.273 e. The molecule has 1 aromatic heterocycles. The minimum absolute atomic E-state index is 0.222. The lowest BCUT2D eigenvalue weighted by Gasteiger charge is -2.06. The summed E-state index contributed by atoms with van der Waals surface area (Å²) in [6, 6.07) is 11.3. The topological polar surface area (TPSA) is 58.2 Å². The first-order valence-electron chi connectivity index (χ1n) is 5.87. The molecule has 0 aliphatic rings. The van der Waals surface area contributed by atoms with E-state index >= 15 is 0 Å². The fourth-order valence-electron chi connectivity index (χ4n) is 1.59. The van der Waals surface area contributed by atoms with E-state index in [1.54, 1.807) is 11.3 Å². The zero-order valence-electron chi connectivity index (χ0n) is 10.3. The molecular formula is C14H14N2O2S. The van der Waals surface area contributed by atoms with E-state index in [1.807, 2.05) is 47.2 Å². The number of hydrogen-bond donors (Lipinski definition) is 2. The molecule has 2 amide bonds. The SMILES string of the molecule is O=C(Cc1ccccc1)NNC(=O)Cc1ccsc1. The van der Waals surface area contributed by atoms with Crippen molar-refractivity contribution in [3.05, 3.63) is 58.3 Å². The number of thiophene rings is 1. The van der Waals surface area contributed by atoms with Gasteiger partial charge in [-0.3, -0.25) is 20.4 Å². The highest BCUT2D eigenvalue weighted by Gasteiger charge is 2.06. The van der Waals surface area contributed by atoms with Crippen molar-refractivity contribution in [2.75, 3.05) is 0 Å².